The molecule has 1 rings (SSSR count). The number of benzene rings is 1. The Labute approximate surface area is 96.1 Å². The van der Waals surface area contributed by atoms with Crippen LogP contribution in [0.4, 0.5) is 0 Å². The number of hydrogen-bond donors (Lipinski definition) is 1. The number of Topliss-reactive ketones (excluding diaryl/α,β-unsaturated/α-hetero) is 1. The molecule has 0 saturated carbocycles. The summed E-state index contributed by atoms with van der Waals surface area (Å²) in [6.45, 7) is 6.91. The van der Waals surface area contributed by atoms with Crippen molar-refractivity contribution < 1.29 is 14.6 Å². The molecule has 88 valence electrons. The molecule has 3 nitrogen and oxygen atoms in total. The van der Waals surface area contributed by atoms with E-state index in [1.54, 1.807) is 26.0 Å². The number of carbonyl (C=O) groups is 1. The zero-order chi connectivity index (χ0) is 12.3. The highest BCUT2D eigenvalue weighted by Gasteiger charge is 2.15. The lowest BCUT2D eigenvalue weighted by atomic mass is 10.1. The third-order valence-electron chi connectivity index (χ3n) is 2.10. The Morgan fingerprint density at radius 2 is 2.06 bits per heavy atom. The second-order valence-corrected chi connectivity index (χ2v) is 4.66. The van der Waals surface area contributed by atoms with E-state index < -0.39 is 5.60 Å². The second kappa shape index (κ2) is 4.66. The summed E-state index contributed by atoms with van der Waals surface area (Å²) in [4.78, 5) is 11.4. The summed E-state index contributed by atoms with van der Waals surface area (Å²) >= 11 is 0. The SMILES string of the molecule is CC(=O)c1cc(C)ccc1OCC(C)(C)O. The predicted molar refractivity (Wildman–Crippen MR) is 63.0 cm³/mol. The Kier molecular flexibility index (Phi) is 3.70. The van der Waals surface area contributed by atoms with Gasteiger partial charge in [-0.25, -0.2) is 0 Å². The summed E-state index contributed by atoms with van der Waals surface area (Å²) in [5.41, 5.74) is 0.670. The van der Waals surface area contributed by atoms with Gasteiger partial charge in [-0.1, -0.05) is 11.6 Å². The lowest BCUT2D eigenvalue weighted by Gasteiger charge is -2.19. The molecule has 3 heteroatoms. The minimum absolute atomic E-state index is 0.0329. The van der Waals surface area contributed by atoms with Crippen molar-refractivity contribution in [1.29, 1.82) is 0 Å². The highest BCUT2D eigenvalue weighted by molar-refractivity contribution is 5.97. The number of ether oxygens (including phenoxy) is 1. The Morgan fingerprint density at radius 3 is 2.56 bits per heavy atom. The van der Waals surface area contributed by atoms with Crippen LogP contribution in [-0.4, -0.2) is 23.1 Å². The van der Waals surface area contributed by atoms with Crippen molar-refractivity contribution in [3.8, 4) is 5.75 Å². The first-order chi connectivity index (χ1) is 7.29. The van der Waals surface area contributed by atoms with Crippen LogP contribution in [0.15, 0.2) is 18.2 Å². The molecule has 1 N–H and O–H groups in total. The largest absolute Gasteiger partial charge is 0.490 e. The number of ketones is 1. The maximum atomic E-state index is 11.4. The van der Waals surface area contributed by atoms with Crippen LogP contribution >= 0.6 is 0 Å². The monoisotopic (exact) mass is 222 g/mol. The van der Waals surface area contributed by atoms with Crippen molar-refractivity contribution in [1.82, 2.24) is 0 Å². The minimum atomic E-state index is -0.904. The lowest BCUT2D eigenvalue weighted by molar-refractivity contribution is 0.0281. The van der Waals surface area contributed by atoms with Gasteiger partial charge in [0, 0.05) is 0 Å². The predicted octanol–water partition coefficient (Wildman–Crippen LogP) is 2.35. The molecule has 0 aromatic heterocycles. The first kappa shape index (κ1) is 12.7. The molecule has 1 aromatic rings. The number of rotatable bonds is 4. The number of hydrogen-bond acceptors (Lipinski definition) is 3. The summed E-state index contributed by atoms with van der Waals surface area (Å²) in [5, 5.41) is 9.55. The Balaban J connectivity index is 2.91. The summed E-state index contributed by atoms with van der Waals surface area (Å²) in [5.74, 6) is 0.495. The lowest BCUT2D eigenvalue weighted by Crippen LogP contribution is -2.28. The van der Waals surface area contributed by atoms with Crippen LogP contribution in [0.3, 0.4) is 0 Å². The molecular formula is C13H18O3. The summed E-state index contributed by atoms with van der Waals surface area (Å²) in [7, 11) is 0. The molecule has 0 aliphatic heterocycles. The van der Waals surface area contributed by atoms with Gasteiger partial charge >= 0.3 is 0 Å². The third kappa shape index (κ3) is 3.66. The summed E-state index contributed by atoms with van der Waals surface area (Å²) < 4.78 is 5.45. The van der Waals surface area contributed by atoms with Gasteiger partial charge in [-0.3, -0.25) is 4.79 Å². The summed E-state index contributed by atoms with van der Waals surface area (Å²) in [6, 6.07) is 5.44. The van der Waals surface area contributed by atoms with Crippen LogP contribution < -0.4 is 4.74 Å². The molecule has 0 atom stereocenters. The molecule has 16 heavy (non-hydrogen) atoms. The van der Waals surface area contributed by atoms with Crippen LogP contribution in [0.2, 0.25) is 0 Å². The Hall–Kier alpha value is -1.35. The average molecular weight is 222 g/mol. The first-order valence-corrected chi connectivity index (χ1v) is 5.26. The van der Waals surface area contributed by atoms with Gasteiger partial charge in [-0.15, -0.1) is 0 Å². The van der Waals surface area contributed by atoms with E-state index in [0.29, 0.717) is 11.3 Å². The highest BCUT2D eigenvalue weighted by atomic mass is 16.5. The molecule has 0 aliphatic carbocycles. The van der Waals surface area contributed by atoms with Gasteiger partial charge in [0.2, 0.25) is 0 Å². The van der Waals surface area contributed by atoms with Gasteiger partial charge in [0.15, 0.2) is 5.78 Å². The molecule has 1 aromatic carbocycles. The van der Waals surface area contributed by atoms with Gasteiger partial charge < -0.3 is 9.84 Å². The van der Waals surface area contributed by atoms with E-state index in [0.717, 1.165) is 5.56 Å². The molecule has 0 spiro atoms. The number of carbonyl (C=O) groups excluding carboxylic acids is 1. The van der Waals surface area contributed by atoms with Crippen molar-refractivity contribution in [3.05, 3.63) is 29.3 Å². The van der Waals surface area contributed by atoms with Gasteiger partial charge in [-0.2, -0.15) is 0 Å². The fourth-order valence-electron chi connectivity index (χ4n) is 1.30. The molecule has 0 heterocycles. The standard InChI is InChI=1S/C13H18O3/c1-9-5-6-12(11(7-9)10(2)14)16-8-13(3,4)15/h5-7,15H,8H2,1-4H3. The second-order valence-electron chi connectivity index (χ2n) is 4.66. The van der Waals surface area contributed by atoms with Crippen LogP contribution in [0.25, 0.3) is 0 Å². The summed E-state index contributed by atoms with van der Waals surface area (Å²) in [6.07, 6.45) is 0. The Bertz CT molecular complexity index is 389. The highest BCUT2D eigenvalue weighted by Crippen LogP contribution is 2.21. The van der Waals surface area contributed by atoms with Crippen LogP contribution in [0.5, 0.6) is 5.75 Å². The molecule has 0 unspecified atom stereocenters. The van der Waals surface area contributed by atoms with E-state index in [-0.39, 0.29) is 12.4 Å². The van der Waals surface area contributed by atoms with E-state index in [1.165, 1.54) is 6.92 Å². The van der Waals surface area contributed by atoms with Crippen LogP contribution in [-0.2, 0) is 0 Å². The van der Waals surface area contributed by atoms with Crippen molar-refractivity contribution in [3.63, 3.8) is 0 Å². The zero-order valence-corrected chi connectivity index (χ0v) is 10.2. The van der Waals surface area contributed by atoms with E-state index in [1.807, 2.05) is 13.0 Å². The molecule has 0 radical (unpaired) electrons. The van der Waals surface area contributed by atoms with Crippen molar-refractivity contribution >= 4 is 5.78 Å². The molecule has 0 aliphatic rings. The van der Waals surface area contributed by atoms with Crippen molar-refractivity contribution in [2.45, 2.75) is 33.3 Å². The number of aryl methyl sites for hydroxylation is 1. The van der Waals surface area contributed by atoms with E-state index in [4.69, 9.17) is 4.74 Å². The van der Waals surface area contributed by atoms with E-state index in [9.17, 15) is 9.90 Å². The maximum absolute atomic E-state index is 11.4. The topological polar surface area (TPSA) is 46.5 Å². The first-order valence-electron chi connectivity index (χ1n) is 5.26. The minimum Gasteiger partial charge on any atom is -0.490 e. The molecule has 0 fully saturated rings. The normalized spacial score (nSPS) is 11.3. The quantitative estimate of drug-likeness (QED) is 0.795. The van der Waals surface area contributed by atoms with Crippen LogP contribution in [0.1, 0.15) is 36.7 Å². The van der Waals surface area contributed by atoms with Gasteiger partial charge in [0.05, 0.1) is 11.2 Å². The average Bonchev–Trinajstić information content (AvgIpc) is 2.14. The molecule has 0 amide bonds. The van der Waals surface area contributed by atoms with E-state index in [2.05, 4.69) is 0 Å². The van der Waals surface area contributed by atoms with Crippen molar-refractivity contribution in [2.24, 2.45) is 0 Å². The number of aliphatic hydroxyl groups is 1. The van der Waals surface area contributed by atoms with E-state index >= 15 is 0 Å². The third-order valence-corrected chi connectivity index (χ3v) is 2.10. The van der Waals surface area contributed by atoms with Gasteiger partial charge in [-0.05, 0) is 39.8 Å². The molecular weight excluding hydrogens is 204 g/mol. The maximum Gasteiger partial charge on any atom is 0.163 e. The molecule has 0 bridgehead atoms. The van der Waals surface area contributed by atoms with Crippen molar-refractivity contribution in [2.75, 3.05) is 6.61 Å². The Morgan fingerprint density at radius 1 is 1.44 bits per heavy atom. The van der Waals surface area contributed by atoms with Crippen LogP contribution in [0, 0.1) is 6.92 Å². The van der Waals surface area contributed by atoms with Gasteiger partial charge in [0.25, 0.3) is 0 Å². The molecule has 0 saturated heterocycles. The zero-order valence-electron chi connectivity index (χ0n) is 10.2. The fraction of sp³-hybridized carbons (Fsp3) is 0.462. The fourth-order valence-corrected chi connectivity index (χ4v) is 1.30. The smallest absolute Gasteiger partial charge is 0.163 e. The van der Waals surface area contributed by atoms with Gasteiger partial charge in [0.1, 0.15) is 12.4 Å².